The summed E-state index contributed by atoms with van der Waals surface area (Å²) < 4.78 is 0. The molecule has 2 aliphatic rings. The van der Waals surface area contributed by atoms with E-state index in [9.17, 15) is 4.79 Å². The molecule has 86 valence electrons. The Morgan fingerprint density at radius 3 is 2.80 bits per heavy atom. The van der Waals surface area contributed by atoms with Gasteiger partial charge in [0.05, 0.1) is 6.54 Å². The van der Waals surface area contributed by atoms with E-state index in [-0.39, 0.29) is 5.91 Å². The van der Waals surface area contributed by atoms with Gasteiger partial charge in [0.25, 0.3) is 0 Å². The van der Waals surface area contributed by atoms with E-state index in [0.29, 0.717) is 12.6 Å². The third kappa shape index (κ3) is 2.49. The summed E-state index contributed by atoms with van der Waals surface area (Å²) in [6.45, 7) is 1.55. The minimum absolute atomic E-state index is 0.0544. The van der Waals surface area contributed by atoms with Gasteiger partial charge < -0.3 is 0 Å². The predicted molar refractivity (Wildman–Crippen MR) is 58.9 cm³/mol. The molecule has 0 aromatic rings. The lowest BCUT2D eigenvalue weighted by molar-refractivity contribution is -0.124. The molecule has 2 rings (SSSR count). The largest absolute Gasteiger partial charge is 0.293 e. The number of rotatable bonds is 2. The number of carbonyl (C=O) groups excluding carboxylic acids is 1. The summed E-state index contributed by atoms with van der Waals surface area (Å²) in [6.07, 6.45) is 7.90. The van der Waals surface area contributed by atoms with Crippen LogP contribution in [-0.4, -0.2) is 29.9 Å². The van der Waals surface area contributed by atoms with Crippen molar-refractivity contribution < 1.29 is 4.79 Å². The standard InChI is InChI=1S/C11H21N3O/c12-13-11(15)8-14-7-3-5-9-4-1-2-6-10(9)14/h9-10H,1-8,12H2,(H,13,15). The monoisotopic (exact) mass is 211 g/mol. The number of likely N-dealkylation sites (tertiary alicyclic amines) is 1. The number of amides is 1. The number of piperidine rings is 1. The molecule has 0 aromatic carbocycles. The second-order valence-electron chi connectivity index (χ2n) is 4.79. The summed E-state index contributed by atoms with van der Waals surface area (Å²) >= 11 is 0. The topological polar surface area (TPSA) is 58.4 Å². The Morgan fingerprint density at radius 1 is 1.27 bits per heavy atom. The molecule has 1 saturated carbocycles. The molecule has 1 heterocycles. The molecule has 1 aliphatic carbocycles. The van der Waals surface area contributed by atoms with Crippen molar-refractivity contribution in [1.29, 1.82) is 0 Å². The zero-order valence-electron chi connectivity index (χ0n) is 9.24. The quantitative estimate of drug-likeness (QED) is 0.400. The third-order valence-electron chi connectivity index (χ3n) is 3.87. The fraction of sp³-hybridized carbons (Fsp3) is 0.909. The van der Waals surface area contributed by atoms with Crippen molar-refractivity contribution in [2.75, 3.05) is 13.1 Å². The molecule has 2 unspecified atom stereocenters. The van der Waals surface area contributed by atoms with E-state index in [0.717, 1.165) is 12.5 Å². The highest BCUT2D eigenvalue weighted by molar-refractivity contribution is 5.77. The lowest BCUT2D eigenvalue weighted by Crippen LogP contribution is -2.51. The molecule has 1 amide bonds. The number of nitrogens with two attached hydrogens (primary N) is 1. The van der Waals surface area contributed by atoms with Crippen molar-refractivity contribution in [2.24, 2.45) is 11.8 Å². The van der Waals surface area contributed by atoms with Crippen LogP contribution in [-0.2, 0) is 4.79 Å². The summed E-state index contributed by atoms with van der Waals surface area (Å²) in [4.78, 5) is 13.6. The third-order valence-corrected chi connectivity index (χ3v) is 3.87. The number of nitrogens with zero attached hydrogens (tertiary/aromatic N) is 1. The molecule has 4 nitrogen and oxygen atoms in total. The van der Waals surface area contributed by atoms with E-state index in [1.807, 2.05) is 0 Å². The minimum atomic E-state index is -0.0544. The fourth-order valence-electron chi connectivity index (χ4n) is 3.15. The highest BCUT2D eigenvalue weighted by Crippen LogP contribution is 2.34. The van der Waals surface area contributed by atoms with E-state index >= 15 is 0 Å². The lowest BCUT2D eigenvalue weighted by Gasteiger charge is -2.43. The van der Waals surface area contributed by atoms with Crippen molar-refractivity contribution in [2.45, 2.75) is 44.6 Å². The van der Waals surface area contributed by atoms with Crippen LogP contribution in [0.25, 0.3) is 0 Å². The first-order valence-corrected chi connectivity index (χ1v) is 6.05. The van der Waals surface area contributed by atoms with Crippen LogP contribution in [0, 0.1) is 5.92 Å². The van der Waals surface area contributed by atoms with Gasteiger partial charge in [0.15, 0.2) is 0 Å². The molecule has 0 radical (unpaired) electrons. The number of hydrogen-bond acceptors (Lipinski definition) is 3. The van der Waals surface area contributed by atoms with Gasteiger partial charge in [-0.3, -0.25) is 15.1 Å². The first-order valence-electron chi connectivity index (χ1n) is 6.05. The van der Waals surface area contributed by atoms with E-state index in [1.165, 1.54) is 38.5 Å². The van der Waals surface area contributed by atoms with Crippen molar-refractivity contribution >= 4 is 5.91 Å². The molecule has 2 atom stereocenters. The lowest BCUT2D eigenvalue weighted by atomic mass is 9.78. The van der Waals surface area contributed by atoms with E-state index in [4.69, 9.17) is 5.84 Å². The molecule has 0 bridgehead atoms. The van der Waals surface area contributed by atoms with Crippen LogP contribution in [0.3, 0.4) is 0 Å². The van der Waals surface area contributed by atoms with Crippen molar-refractivity contribution in [3.63, 3.8) is 0 Å². The van der Waals surface area contributed by atoms with Gasteiger partial charge in [-0.1, -0.05) is 12.8 Å². The van der Waals surface area contributed by atoms with Gasteiger partial charge in [-0.2, -0.15) is 0 Å². The van der Waals surface area contributed by atoms with Gasteiger partial charge in [0, 0.05) is 6.04 Å². The number of fused-ring (bicyclic) bond motifs is 1. The van der Waals surface area contributed by atoms with Gasteiger partial charge in [-0.05, 0) is 38.1 Å². The Balaban J connectivity index is 1.94. The number of hydrogen-bond donors (Lipinski definition) is 2. The summed E-state index contributed by atoms with van der Waals surface area (Å²) in [5.41, 5.74) is 2.23. The van der Waals surface area contributed by atoms with Crippen LogP contribution in [0.15, 0.2) is 0 Å². The van der Waals surface area contributed by atoms with Crippen molar-refractivity contribution in [3.05, 3.63) is 0 Å². The van der Waals surface area contributed by atoms with Gasteiger partial charge in [0.1, 0.15) is 0 Å². The summed E-state index contributed by atoms with van der Waals surface area (Å²) in [7, 11) is 0. The number of nitrogens with one attached hydrogen (secondary N) is 1. The highest BCUT2D eigenvalue weighted by atomic mass is 16.2. The molecule has 4 heteroatoms. The van der Waals surface area contributed by atoms with Crippen LogP contribution < -0.4 is 11.3 Å². The normalized spacial score (nSPS) is 32.1. The molecule has 2 fully saturated rings. The van der Waals surface area contributed by atoms with E-state index in [1.54, 1.807) is 0 Å². The molecule has 3 N–H and O–H groups in total. The molecule has 0 aromatic heterocycles. The molecule has 1 saturated heterocycles. The second kappa shape index (κ2) is 4.94. The van der Waals surface area contributed by atoms with Crippen LogP contribution >= 0.6 is 0 Å². The Hall–Kier alpha value is -0.610. The zero-order valence-corrected chi connectivity index (χ0v) is 9.24. The Labute approximate surface area is 91.2 Å². The fourth-order valence-corrected chi connectivity index (χ4v) is 3.15. The maximum atomic E-state index is 11.3. The first-order chi connectivity index (χ1) is 7.31. The molecule has 1 aliphatic heterocycles. The molecular formula is C11H21N3O. The zero-order chi connectivity index (χ0) is 10.7. The summed E-state index contributed by atoms with van der Waals surface area (Å²) in [6, 6.07) is 0.643. The Kier molecular flexibility index (Phi) is 3.59. The van der Waals surface area contributed by atoms with Gasteiger partial charge >= 0.3 is 0 Å². The summed E-state index contributed by atoms with van der Waals surface area (Å²) in [5.74, 6) is 5.91. The molecule has 0 spiro atoms. The van der Waals surface area contributed by atoms with Gasteiger partial charge in [-0.15, -0.1) is 0 Å². The Morgan fingerprint density at radius 2 is 2.00 bits per heavy atom. The van der Waals surface area contributed by atoms with Gasteiger partial charge in [0.2, 0.25) is 5.91 Å². The first kappa shape index (κ1) is 10.9. The molecular weight excluding hydrogens is 190 g/mol. The van der Waals surface area contributed by atoms with Crippen LogP contribution in [0.1, 0.15) is 38.5 Å². The SMILES string of the molecule is NNC(=O)CN1CCCC2CCCCC21. The maximum absolute atomic E-state index is 11.3. The minimum Gasteiger partial charge on any atom is -0.293 e. The number of hydrazine groups is 1. The Bertz CT molecular complexity index is 230. The highest BCUT2D eigenvalue weighted by Gasteiger charge is 2.33. The molecule has 15 heavy (non-hydrogen) atoms. The maximum Gasteiger partial charge on any atom is 0.248 e. The van der Waals surface area contributed by atoms with Crippen molar-refractivity contribution in [3.8, 4) is 0 Å². The smallest absolute Gasteiger partial charge is 0.248 e. The van der Waals surface area contributed by atoms with Crippen LogP contribution in [0.2, 0.25) is 0 Å². The van der Waals surface area contributed by atoms with Crippen LogP contribution in [0.4, 0.5) is 0 Å². The van der Waals surface area contributed by atoms with E-state index in [2.05, 4.69) is 10.3 Å². The summed E-state index contributed by atoms with van der Waals surface area (Å²) in [5, 5.41) is 0. The average molecular weight is 211 g/mol. The van der Waals surface area contributed by atoms with Gasteiger partial charge in [-0.25, -0.2) is 5.84 Å². The number of carbonyl (C=O) groups is 1. The van der Waals surface area contributed by atoms with Crippen LogP contribution in [0.5, 0.6) is 0 Å². The predicted octanol–water partition coefficient (Wildman–Crippen LogP) is 0.631. The average Bonchev–Trinajstić information content (AvgIpc) is 2.29. The second-order valence-corrected chi connectivity index (χ2v) is 4.79. The van der Waals surface area contributed by atoms with E-state index < -0.39 is 0 Å². The van der Waals surface area contributed by atoms with Crippen molar-refractivity contribution in [1.82, 2.24) is 10.3 Å².